The van der Waals surface area contributed by atoms with E-state index in [1.807, 2.05) is 0 Å². The van der Waals surface area contributed by atoms with Gasteiger partial charge in [0.1, 0.15) is 0 Å². The standard InChI is InChI=1S/C35H62O5Si2/c1-34(2,3)41(7,8)39-28(23-22-27-18-14-13-15-19-27)24-25-29-30(20-16-11-12-17-21-33(37)38)32(26-31(29)36)40-42(9,10)35(4,5)6/h11,13-16,18-19,28-32,36H,12,17,20-26H2,1-10H3,(H,37,38)/t28-,29+,30+,31+,32-/m0/s1. The summed E-state index contributed by atoms with van der Waals surface area (Å²) >= 11 is 0. The Kier molecular flexibility index (Phi) is 13.8. The summed E-state index contributed by atoms with van der Waals surface area (Å²) in [4.78, 5) is 10.9. The lowest BCUT2D eigenvalue weighted by atomic mass is 9.85. The van der Waals surface area contributed by atoms with Crippen LogP contribution in [0.15, 0.2) is 42.5 Å². The van der Waals surface area contributed by atoms with Crippen LogP contribution in [0, 0.1) is 11.8 Å². The van der Waals surface area contributed by atoms with E-state index in [-0.39, 0.29) is 46.6 Å². The van der Waals surface area contributed by atoms with Crippen LogP contribution in [0.5, 0.6) is 0 Å². The van der Waals surface area contributed by atoms with Gasteiger partial charge in [0, 0.05) is 12.5 Å². The van der Waals surface area contributed by atoms with Gasteiger partial charge in [-0.1, -0.05) is 84.0 Å². The maximum absolute atomic E-state index is 11.4. The SMILES string of the molecule is CC(C)(C)[Si](C)(C)O[C@@H](CCc1ccccc1)CC[C@@H]1[C@@H](CC=CCCCC(=O)O)[C@@H](O[Si](C)(C)C(C)(C)C)C[C@H]1O. The first-order chi connectivity index (χ1) is 19.3. The molecule has 0 saturated heterocycles. The molecule has 1 aromatic carbocycles. The van der Waals surface area contributed by atoms with E-state index < -0.39 is 22.6 Å². The predicted molar refractivity (Wildman–Crippen MR) is 181 cm³/mol. The number of hydrogen-bond donors (Lipinski definition) is 2. The third-order valence-electron chi connectivity index (χ3n) is 10.3. The van der Waals surface area contributed by atoms with E-state index in [1.165, 1.54) is 5.56 Å². The second-order valence-corrected chi connectivity index (χ2v) is 25.2. The molecule has 0 radical (unpaired) electrons. The molecule has 1 aliphatic carbocycles. The summed E-state index contributed by atoms with van der Waals surface area (Å²) in [5.74, 6) is -0.342. The van der Waals surface area contributed by atoms with Crippen LogP contribution >= 0.6 is 0 Å². The van der Waals surface area contributed by atoms with Gasteiger partial charge in [-0.2, -0.15) is 0 Å². The van der Waals surface area contributed by atoms with Crippen LogP contribution in [0.1, 0.15) is 98.5 Å². The van der Waals surface area contributed by atoms with Gasteiger partial charge < -0.3 is 19.1 Å². The fraction of sp³-hybridized carbons (Fsp3) is 0.743. The Hall–Kier alpha value is -1.26. The number of benzene rings is 1. The Morgan fingerprint density at radius 2 is 1.57 bits per heavy atom. The van der Waals surface area contributed by atoms with Gasteiger partial charge in [0.25, 0.3) is 0 Å². The molecule has 7 heteroatoms. The Morgan fingerprint density at radius 1 is 0.952 bits per heavy atom. The van der Waals surface area contributed by atoms with Gasteiger partial charge >= 0.3 is 5.97 Å². The number of hydrogen-bond acceptors (Lipinski definition) is 4. The molecule has 5 nitrogen and oxygen atoms in total. The van der Waals surface area contributed by atoms with Crippen LogP contribution in [0.3, 0.4) is 0 Å². The summed E-state index contributed by atoms with van der Waals surface area (Å²) in [6.45, 7) is 23.0. The molecule has 1 aromatic rings. The van der Waals surface area contributed by atoms with E-state index in [1.54, 1.807) is 0 Å². The molecule has 5 atom stereocenters. The molecule has 0 unspecified atom stereocenters. The van der Waals surface area contributed by atoms with E-state index in [9.17, 15) is 9.90 Å². The molecular formula is C35H62O5Si2. The summed E-state index contributed by atoms with van der Waals surface area (Å²) in [6.07, 6.45) is 11.1. The normalized spacial score (nSPS) is 23.0. The zero-order valence-corrected chi connectivity index (χ0v) is 30.4. The zero-order chi connectivity index (χ0) is 31.8. The first kappa shape index (κ1) is 36.9. The molecule has 0 aliphatic heterocycles. The van der Waals surface area contributed by atoms with Crippen molar-refractivity contribution in [1.29, 1.82) is 0 Å². The molecule has 42 heavy (non-hydrogen) atoms. The van der Waals surface area contributed by atoms with Crippen LogP contribution in [0.2, 0.25) is 36.3 Å². The molecule has 2 rings (SSSR count). The summed E-state index contributed by atoms with van der Waals surface area (Å²) in [5, 5.41) is 20.6. The van der Waals surface area contributed by atoms with Crippen molar-refractivity contribution in [3.8, 4) is 0 Å². The molecule has 1 fully saturated rings. The van der Waals surface area contributed by atoms with Crippen molar-refractivity contribution in [2.75, 3.05) is 0 Å². The number of carbonyl (C=O) groups is 1. The lowest BCUT2D eigenvalue weighted by Crippen LogP contribution is -2.45. The van der Waals surface area contributed by atoms with Crippen LogP contribution in [0.4, 0.5) is 0 Å². The van der Waals surface area contributed by atoms with Gasteiger partial charge in [0.05, 0.1) is 12.2 Å². The van der Waals surface area contributed by atoms with Gasteiger partial charge in [0.15, 0.2) is 16.6 Å². The molecule has 240 valence electrons. The van der Waals surface area contributed by atoms with E-state index in [0.717, 1.165) is 38.5 Å². The smallest absolute Gasteiger partial charge is 0.303 e. The van der Waals surface area contributed by atoms with Crippen molar-refractivity contribution < 1.29 is 23.9 Å². The maximum Gasteiger partial charge on any atom is 0.303 e. The molecule has 0 amide bonds. The van der Waals surface area contributed by atoms with Gasteiger partial charge in [-0.3, -0.25) is 4.79 Å². The minimum Gasteiger partial charge on any atom is -0.481 e. The van der Waals surface area contributed by atoms with E-state index in [4.69, 9.17) is 14.0 Å². The Balaban J connectivity index is 2.22. The van der Waals surface area contributed by atoms with Crippen molar-refractivity contribution >= 4 is 22.6 Å². The molecule has 0 spiro atoms. The summed E-state index contributed by atoms with van der Waals surface area (Å²) in [6, 6.07) is 10.7. The molecular weight excluding hydrogens is 557 g/mol. The highest BCUT2D eigenvalue weighted by Gasteiger charge is 2.47. The van der Waals surface area contributed by atoms with Gasteiger partial charge in [0.2, 0.25) is 0 Å². The largest absolute Gasteiger partial charge is 0.481 e. The third kappa shape index (κ3) is 11.3. The maximum atomic E-state index is 11.4. The van der Waals surface area contributed by atoms with Gasteiger partial charge in [-0.15, -0.1) is 0 Å². The molecule has 1 aliphatic rings. The number of aryl methyl sites for hydroxylation is 1. The summed E-state index contributed by atoms with van der Waals surface area (Å²) in [7, 11) is -3.97. The minimum atomic E-state index is -2.01. The quantitative estimate of drug-likeness (QED) is 0.110. The number of aliphatic hydroxyl groups excluding tert-OH is 1. The highest BCUT2D eigenvalue weighted by Crippen LogP contribution is 2.46. The molecule has 0 bridgehead atoms. The molecule has 2 N–H and O–H groups in total. The number of aliphatic carboxylic acids is 1. The van der Waals surface area contributed by atoms with Crippen LogP contribution in [0.25, 0.3) is 0 Å². The van der Waals surface area contributed by atoms with Crippen molar-refractivity contribution in [1.82, 2.24) is 0 Å². The fourth-order valence-electron chi connectivity index (χ4n) is 5.52. The van der Waals surface area contributed by atoms with Crippen molar-refractivity contribution in [3.63, 3.8) is 0 Å². The highest BCUT2D eigenvalue weighted by molar-refractivity contribution is 6.74. The van der Waals surface area contributed by atoms with Crippen LogP contribution in [-0.4, -0.2) is 51.1 Å². The van der Waals surface area contributed by atoms with E-state index in [2.05, 4.69) is 110 Å². The lowest BCUT2D eigenvalue weighted by Gasteiger charge is -2.41. The number of carboxylic acids is 1. The lowest BCUT2D eigenvalue weighted by molar-refractivity contribution is -0.137. The minimum absolute atomic E-state index is 0.0404. The first-order valence-electron chi connectivity index (χ1n) is 16.3. The Morgan fingerprint density at radius 3 is 2.14 bits per heavy atom. The number of allylic oxidation sites excluding steroid dienone is 2. The van der Waals surface area contributed by atoms with Gasteiger partial charge in [-0.25, -0.2) is 0 Å². The van der Waals surface area contributed by atoms with Crippen LogP contribution < -0.4 is 0 Å². The highest BCUT2D eigenvalue weighted by atomic mass is 28.4. The molecule has 1 saturated carbocycles. The number of rotatable bonds is 16. The van der Waals surface area contributed by atoms with Crippen molar-refractivity contribution in [2.24, 2.45) is 11.8 Å². The van der Waals surface area contributed by atoms with Crippen LogP contribution in [-0.2, 0) is 20.1 Å². The number of carboxylic acid groups (broad SMARTS) is 1. The second-order valence-electron chi connectivity index (χ2n) is 15.6. The molecule has 0 heterocycles. The van der Waals surface area contributed by atoms with Crippen molar-refractivity contribution in [3.05, 3.63) is 48.0 Å². The topological polar surface area (TPSA) is 76.0 Å². The first-order valence-corrected chi connectivity index (χ1v) is 22.1. The predicted octanol–water partition coefficient (Wildman–Crippen LogP) is 9.38. The monoisotopic (exact) mass is 618 g/mol. The summed E-state index contributed by atoms with van der Waals surface area (Å²) in [5.41, 5.74) is 1.34. The number of aliphatic hydroxyl groups is 1. The third-order valence-corrected chi connectivity index (χ3v) is 19.3. The Labute approximate surface area is 259 Å². The Bertz CT molecular complexity index is 977. The van der Waals surface area contributed by atoms with E-state index in [0.29, 0.717) is 12.8 Å². The second kappa shape index (κ2) is 15.6. The average molecular weight is 619 g/mol. The van der Waals surface area contributed by atoms with E-state index >= 15 is 0 Å². The van der Waals surface area contributed by atoms with Crippen molar-refractivity contribution in [2.45, 2.75) is 154 Å². The summed E-state index contributed by atoms with van der Waals surface area (Å²) < 4.78 is 14.0. The number of unbranched alkanes of at least 4 members (excludes halogenated alkanes) is 1. The zero-order valence-electron chi connectivity index (χ0n) is 28.4. The average Bonchev–Trinajstić information content (AvgIpc) is 3.14. The van der Waals surface area contributed by atoms with Gasteiger partial charge in [-0.05, 0) is 105 Å². The molecule has 0 aromatic heterocycles. The fourth-order valence-corrected chi connectivity index (χ4v) is 8.33.